The van der Waals surface area contributed by atoms with Crippen molar-refractivity contribution in [2.24, 2.45) is 0 Å². The van der Waals surface area contributed by atoms with Crippen LogP contribution < -0.4 is 9.46 Å². The lowest BCUT2D eigenvalue weighted by Gasteiger charge is -2.13. The van der Waals surface area contributed by atoms with Crippen molar-refractivity contribution in [3.63, 3.8) is 0 Å². The van der Waals surface area contributed by atoms with Gasteiger partial charge in [0.25, 0.3) is 0 Å². The first-order valence-corrected chi connectivity index (χ1v) is 10.5. The zero-order chi connectivity index (χ0) is 19.0. The maximum atomic E-state index is 12.1. The maximum Gasteiger partial charge on any atom is 0.341 e. The fraction of sp³-hybridized carbons (Fsp3) is 0.278. The van der Waals surface area contributed by atoms with Crippen LogP contribution in [0.4, 0.5) is 0 Å². The number of rotatable bonds is 10. The Bertz CT molecular complexity index is 807. The zero-order valence-corrected chi connectivity index (χ0v) is 15.9. The molecule has 140 valence electrons. The van der Waals surface area contributed by atoms with Gasteiger partial charge in [0.1, 0.15) is 5.75 Å². The molecule has 0 aliphatic heterocycles. The molecular formula is C18H21NO5S2. The summed E-state index contributed by atoms with van der Waals surface area (Å²) in [5.74, 6) is 0.116. The summed E-state index contributed by atoms with van der Waals surface area (Å²) >= 11 is 1.63. The van der Waals surface area contributed by atoms with Gasteiger partial charge in [0.05, 0.1) is 4.90 Å². The molecule has 1 unspecified atom stereocenters. The summed E-state index contributed by atoms with van der Waals surface area (Å²) < 4.78 is 31.9. The van der Waals surface area contributed by atoms with E-state index < -0.39 is 16.0 Å². The van der Waals surface area contributed by atoms with Crippen molar-refractivity contribution in [1.29, 1.82) is 0 Å². The number of thioether (sulfide) groups is 1. The molecule has 0 radical (unpaired) electrons. The SMILES string of the molecule is CC(SCCNS(=O)(=O)c1ccccc1)c1ccc(OCC(=O)O)cc1. The van der Waals surface area contributed by atoms with E-state index in [2.05, 4.69) is 4.72 Å². The molecule has 1 atom stereocenters. The number of aliphatic carboxylic acids is 1. The highest BCUT2D eigenvalue weighted by molar-refractivity contribution is 7.99. The summed E-state index contributed by atoms with van der Waals surface area (Å²) in [7, 11) is -3.47. The van der Waals surface area contributed by atoms with E-state index in [-0.39, 0.29) is 16.8 Å². The molecule has 0 aromatic heterocycles. The standard InChI is InChI=1S/C18H21NO5S2/c1-14(15-7-9-16(10-8-15)24-13-18(20)21)25-12-11-19-26(22,23)17-5-3-2-4-6-17/h2-10,14,19H,11-13H2,1H3,(H,20,21). The predicted molar refractivity (Wildman–Crippen MR) is 102 cm³/mol. The van der Waals surface area contributed by atoms with Crippen molar-refractivity contribution in [2.75, 3.05) is 18.9 Å². The Hall–Kier alpha value is -2.03. The second kappa shape index (κ2) is 9.61. The van der Waals surface area contributed by atoms with E-state index in [1.54, 1.807) is 54.2 Å². The highest BCUT2D eigenvalue weighted by atomic mass is 32.2. The third-order valence-corrected chi connectivity index (χ3v) is 6.22. The van der Waals surface area contributed by atoms with Crippen molar-refractivity contribution in [3.05, 3.63) is 60.2 Å². The van der Waals surface area contributed by atoms with Gasteiger partial charge in [-0.05, 0) is 36.8 Å². The molecule has 0 heterocycles. The van der Waals surface area contributed by atoms with Crippen LogP contribution in [0.15, 0.2) is 59.5 Å². The third kappa shape index (κ3) is 6.36. The molecule has 6 nitrogen and oxygen atoms in total. The van der Waals surface area contributed by atoms with E-state index in [0.29, 0.717) is 18.0 Å². The van der Waals surface area contributed by atoms with Crippen LogP contribution in [0.5, 0.6) is 5.75 Å². The van der Waals surface area contributed by atoms with Crippen LogP contribution in [0.1, 0.15) is 17.7 Å². The minimum atomic E-state index is -3.47. The fourth-order valence-electron chi connectivity index (χ4n) is 2.17. The molecule has 2 rings (SSSR count). The van der Waals surface area contributed by atoms with Gasteiger partial charge in [-0.1, -0.05) is 30.3 Å². The monoisotopic (exact) mass is 395 g/mol. The molecule has 8 heteroatoms. The maximum absolute atomic E-state index is 12.1. The molecule has 2 N–H and O–H groups in total. The molecular weight excluding hydrogens is 374 g/mol. The van der Waals surface area contributed by atoms with Crippen molar-refractivity contribution in [3.8, 4) is 5.75 Å². The summed E-state index contributed by atoms with van der Waals surface area (Å²) in [6.07, 6.45) is 0. The average molecular weight is 396 g/mol. The summed E-state index contributed by atoms with van der Waals surface area (Å²) in [5, 5.41) is 8.76. The minimum Gasteiger partial charge on any atom is -0.482 e. The van der Waals surface area contributed by atoms with Crippen molar-refractivity contribution in [1.82, 2.24) is 4.72 Å². The average Bonchev–Trinajstić information content (AvgIpc) is 2.64. The van der Waals surface area contributed by atoms with E-state index in [1.807, 2.05) is 19.1 Å². The Morgan fingerprint density at radius 2 is 1.81 bits per heavy atom. The van der Waals surface area contributed by atoms with Crippen LogP contribution in [-0.4, -0.2) is 38.4 Å². The van der Waals surface area contributed by atoms with E-state index >= 15 is 0 Å². The number of nitrogens with one attached hydrogen (secondary N) is 1. The molecule has 0 amide bonds. The number of carboxylic acids is 1. The predicted octanol–water partition coefficient (Wildman–Crippen LogP) is 2.92. The second-order valence-corrected chi connectivity index (χ2v) is 8.69. The van der Waals surface area contributed by atoms with Crippen LogP contribution in [0, 0.1) is 0 Å². The van der Waals surface area contributed by atoms with E-state index in [0.717, 1.165) is 5.56 Å². The number of hydrogen-bond donors (Lipinski definition) is 2. The largest absolute Gasteiger partial charge is 0.482 e. The van der Waals surface area contributed by atoms with Crippen molar-refractivity contribution in [2.45, 2.75) is 17.1 Å². The summed E-state index contributed by atoms with van der Waals surface area (Å²) in [6, 6.07) is 15.5. The van der Waals surface area contributed by atoms with E-state index in [1.165, 1.54) is 0 Å². The van der Waals surface area contributed by atoms with Crippen LogP contribution in [0.2, 0.25) is 0 Å². The topological polar surface area (TPSA) is 92.7 Å². The molecule has 2 aromatic rings. The molecule has 0 saturated carbocycles. The molecule has 0 spiro atoms. The van der Waals surface area contributed by atoms with Gasteiger partial charge >= 0.3 is 5.97 Å². The molecule has 0 fully saturated rings. The van der Waals surface area contributed by atoms with Crippen LogP contribution in [0.3, 0.4) is 0 Å². The molecule has 0 bridgehead atoms. The molecule has 0 saturated heterocycles. The lowest BCUT2D eigenvalue weighted by molar-refractivity contribution is -0.139. The lowest BCUT2D eigenvalue weighted by Crippen LogP contribution is -2.26. The summed E-state index contributed by atoms with van der Waals surface area (Å²) in [6.45, 7) is 2.00. The normalized spacial score (nSPS) is 12.5. The van der Waals surface area contributed by atoms with Gasteiger partial charge in [-0.3, -0.25) is 0 Å². The van der Waals surface area contributed by atoms with E-state index in [9.17, 15) is 13.2 Å². The molecule has 26 heavy (non-hydrogen) atoms. The Labute approximate surface area is 157 Å². The summed E-state index contributed by atoms with van der Waals surface area (Å²) in [5.41, 5.74) is 1.06. The first-order valence-electron chi connectivity index (χ1n) is 7.99. The number of sulfonamides is 1. The Balaban J connectivity index is 1.78. The quantitative estimate of drug-likeness (QED) is 0.601. The third-order valence-electron chi connectivity index (χ3n) is 3.53. The summed E-state index contributed by atoms with van der Waals surface area (Å²) in [4.78, 5) is 10.7. The lowest BCUT2D eigenvalue weighted by atomic mass is 10.1. The molecule has 2 aromatic carbocycles. The Morgan fingerprint density at radius 3 is 2.42 bits per heavy atom. The number of carboxylic acid groups (broad SMARTS) is 1. The number of hydrogen-bond acceptors (Lipinski definition) is 5. The van der Waals surface area contributed by atoms with Gasteiger partial charge in [0, 0.05) is 17.5 Å². The zero-order valence-electron chi connectivity index (χ0n) is 14.3. The Kier molecular flexibility index (Phi) is 7.50. The molecule has 0 aliphatic rings. The van der Waals surface area contributed by atoms with Gasteiger partial charge in [-0.15, -0.1) is 0 Å². The van der Waals surface area contributed by atoms with Gasteiger partial charge < -0.3 is 9.84 Å². The highest BCUT2D eigenvalue weighted by Crippen LogP contribution is 2.29. The van der Waals surface area contributed by atoms with Crippen molar-refractivity contribution < 1.29 is 23.1 Å². The van der Waals surface area contributed by atoms with Gasteiger partial charge in [-0.2, -0.15) is 11.8 Å². The second-order valence-electron chi connectivity index (χ2n) is 5.48. The molecule has 0 aliphatic carbocycles. The number of carbonyl (C=O) groups is 1. The highest BCUT2D eigenvalue weighted by Gasteiger charge is 2.13. The van der Waals surface area contributed by atoms with Crippen LogP contribution >= 0.6 is 11.8 Å². The first-order chi connectivity index (χ1) is 12.4. The van der Waals surface area contributed by atoms with Gasteiger partial charge in [0.15, 0.2) is 6.61 Å². The van der Waals surface area contributed by atoms with Crippen molar-refractivity contribution >= 4 is 27.8 Å². The van der Waals surface area contributed by atoms with E-state index in [4.69, 9.17) is 9.84 Å². The number of ether oxygens (including phenoxy) is 1. The first kappa shape index (κ1) is 20.3. The van der Waals surface area contributed by atoms with Crippen LogP contribution in [0.25, 0.3) is 0 Å². The van der Waals surface area contributed by atoms with Gasteiger partial charge in [-0.25, -0.2) is 17.9 Å². The Morgan fingerprint density at radius 1 is 1.15 bits per heavy atom. The minimum absolute atomic E-state index is 0.171. The fourth-order valence-corrected chi connectivity index (χ4v) is 4.28. The van der Waals surface area contributed by atoms with Gasteiger partial charge in [0.2, 0.25) is 10.0 Å². The smallest absolute Gasteiger partial charge is 0.341 e. The number of benzene rings is 2. The van der Waals surface area contributed by atoms with Crippen LogP contribution in [-0.2, 0) is 14.8 Å².